The Labute approximate surface area is 207 Å². The van der Waals surface area contributed by atoms with E-state index in [-0.39, 0.29) is 47.1 Å². The van der Waals surface area contributed by atoms with Gasteiger partial charge in [-0.2, -0.15) is 0 Å². The molecule has 36 heavy (non-hydrogen) atoms. The van der Waals surface area contributed by atoms with Gasteiger partial charge in [0, 0.05) is 30.0 Å². The number of aliphatic hydroxyl groups is 3. The van der Waals surface area contributed by atoms with Crippen molar-refractivity contribution in [3.05, 3.63) is 45.5 Å². The van der Waals surface area contributed by atoms with Crippen molar-refractivity contribution >= 4 is 23.2 Å². The number of aromatic hydroxyl groups is 1. The number of hydrogen-bond acceptors (Lipinski definition) is 8. The Bertz CT molecular complexity index is 1240. The molecule has 0 aliphatic heterocycles. The first-order valence-corrected chi connectivity index (χ1v) is 11.9. The van der Waals surface area contributed by atoms with Gasteiger partial charge in [0.05, 0.1) is 5.56 Å². The van der Waals surface area contributed by atoms with E-state index in [0.29, 0.717) is 6.54 Å². The highest BCUT2D eigenvalue weighted by atomic mass is 19.1. The fourth-order valence-electron chi connectivity index (χ4n) is 5.53. The molecule has 1 unspecified atom stereocenters. The third-order valence-corrected chi connectivity index (χ3v) is 7.46. The molecule has 3 aliphatic rings. The van der Waals surface area contributed by atoms with Gasteiger partial charge in [0.1, 0.15) is 28.7 Å². The van der Waals surface area contributed by atoms with Crippen LogP contribution in [0.1, 0.15) is 56.7 Å². The van der Waals surface area contributed by atoms with Crippen LogP contribution in [-0.2, 0) is 27.3 Å². The number of Topliss-reactive ketones (excluding diaryl/α,β-unsaturated/α-hetero) is 2. The Balaban J connectivity index is 1.75. The van der Waals surface area contributed by atoms with Crippen molar-refractivity contribution in [1.29, 1.82) is 0 Å². The molecule has 3 aliphatic carbocycles. The normalized spacial score (nSPS) is 26.0. The van der Waals surface area contributed by atoms with Crippen LogP contribution >= 0.6 is 0 Å². The van der Waals surface area contributed by atoms with Gasteiger partial charge in [0.15, 0.2) is 11.4 Å². The monoisotopic (exact) mass is 502 g/mol. The number of carbonyl (C=O) groups is 3. The van der Waals surface area contributed by atoms with E-state index in [1.807, 2.05) is 0 Å². The van der Waals surface area contributed by atoms with Gasteiger partial charge in [0.2, 0.25) is 5.78 Å². The summed E-state index contributed by atoms with van der Waals surface area (Å²) in [5.41, 5.74) is 1.62. The smallest absolute Gasteiger partial charge is 0.255 e. The van der Waals surface area contributed by atoms with Crippen LogP contribution in [0.2, 0.25) is 0 Å². The van der Waals surface area contributed by atoms with Gasteiger partial charge in [-0.1, -0.05) is 20.8 Å². The second-order valence-electron chi connectivity index (χ2n) is 11.1. The van der Waals surface area contributed by atoms with Crippen molar-refractivity contribution in [1.82, 2.24) is 5.32 Å². The minimum absolute atomic E-state index is 0.00140. The Morgan fingerprint density at radius 1 is 1.22 bits per heavy atom. The van der Waals surface area contributed by atoms with Gasteiger partial charge >= 0.3 is 0 Å². The summed E-state index contributed by atoms with van der Waals surface area (Å²) in [6, 6.07) is 1.21. The van der Waals surface area contributed by atoms with Crippen molar-refractivity contribution in [2.45, 2.75) is 58.6 Å². The fraction of sp³-hybridized carbons (Fsp3) is 0.500. The van der Waals surface area contributed by atoms with Gasteiger partial charge in [-0.15, -0.1) is 0 Å². The first-order valence-electron chi connectivity index (χ1n) is 11.9. The number of ketones is 2. The number of phenolic OH excluding ortho intramolecular Hbond substituents is 1. The van der Waals surface area contributed by atoms with E-state index in [1.54, 1.807) is 0 Å². The number of nitrogens with one attached hydrogen (secondary N) is 1. The van der Waals surface area contributed by atoms with Crippen LogP contribution in [0.15, 0.2) is 23.0 Å². The van der Waals surface area contributed by atoms with Crippen molar-refractivity contribution < 1.29 is 39.2 Å². The van der Waals surface area contributed by atoms with Crippen molar-refractivity contribution in [2.24, 2.45) is 23.0 Å². The maximum atomic E-state index is 14.9. The summed E-state index contributed by atoms with van der Waals surface area (Å²) in [5.74, 6) is -7.84. The molecule has 1 amide bonds. The molecule has 10 heteroatoms. The minimum Gasteiger partial charge on any atom is -0.508 e. The SMILES string of the molecule is CC(C)(C)CCNCc1c(F)cc2c(c1O)C(O)=C1C(=O)[C@]3(O)C(O)=C(C(N)=O)C(=O)C[C@@H]3CC1C2. The first kappa shape index (κ1) is 25.8. The summed E-state index contributed by atoms with van der Waals surface area (Å²) in [6.07, 6.45) is 0.469. The van der Waals surface area contributed by atoms with Crippen molar-refractivity contribution in [2.75, 3.05) is 6.54 Å². The van der Waals surface area contributed by atoms with E-state index in [9.17, 15) is 39.2 Å². The number of halogens is 1. The zero-order valence-electron chi connectivity index (χ0n) is 20.4. The van der Waals surface area contributed by atoms with Gasteiger partial charge in [-0.25, -0.2) is 4.39 Å². The molecule has 3 atom stereocenters. The van der Waals surface area contributed by atoms with Crippen LogP contribution in [0.3, 0.4) is 0 Å². The highest BCUT2D eigenvalue weighted by Gasteiger charge is 2.60. The number of primary amides is 1. The lowest BCUT2D eigenvalue weighted by Crippen LogP contribution is -2.58. The van der Waals surface area contributed by atoms with Crippen LogP contribution in [0, 0.1) is 23.1 Å². The number of carbonyl (C=O) groups excluding carboxylic acids is 3. The first-order chi connectivity index (χ1) is 16.7. The summed E-state index contributed by atoms with van der Waals surface area (Å²) in [5, 5.41) is 46.9. The topological polar surface area (TPSA) is 170 Å². The predicted octanol–water partition coefficient (Wildman–Crippen LogP) is 2.09. The van der Waals surface area contributed by atoms with E-state index in [0.717, 1.165) is 6.42 Å². The standard InChI is InChI=1S/C26H31FN2O7/c1-25(2,3)4-5-29-10-14-15(27)8-12-6-11-7-13-9-16(30)19(24(28)35)23(34)26(13,36)22(33)18(11)21(32)17(12)20(14)31/h8,11,13,29,31-32,34,36H,4-7,9-10H2,1-3H3,(H2,28,35)/t11?,13-,26-/m0/s1. The number of hydrogen-bond donors (Lipinski definition) is 6. The molecule has 0 spiro atoms. The van der Waals surface area contributed by atoms with Crippen molar-refractivity contribution in [3.8, 4) is 5.75 Å². The zero-order chi connectivity index (χ0) is 26.7. The minimum atomic E-state index is -2.62. The van der Waals surface area contributed by atoms with Crippen LogP contribution < -0.4 is 11.1 Å². The second-order valence-corrected chi connectivity index (χ2v) is 11.1. The summed E-state index contributed by atoms with van der Waals surface area (Å²) in [7, 11) is 0. The molecule has 9 nitrogen and oxygen atoms in total. The van der Waals surface area contributed by atoms with Gasteiger partial charge in [-0.05, 0) is 48.8 Å². The van der Waals surface area contributed by atoms with Crippen LogP contribution in [0.5, 0.6) is 5.75 Å². The lowest BCUT2D eigenvalue weighted by molar-refractivity contribution is -0.147. The zero-order valence-corrected chi connectivity index (χ0v) is 20.4. The lowest BCUT2D eigenvalue weighted by Gasteiger charge is -2.46. The van der Waals surface area contributed by atoms with E-state index >= 15 is 0 Å². The molecule has 1 saturated carbocycles. The van der Waals surface area contributed by atoms with Crippen LogP contribution in [0.4, 0.5) is 4.39 Å². The van der Waals surface area contributed by atoms with Gasteiger partial charge < -0.3 is 31.5 Å². The van der Waals surface area contributed by atoms with E-state index < -0.39 is 70.0 Å². The second kappa shape index (κ2) is 8.70. The lowest BCUT2D eigenvalue weighted by atomic mass is 9.59. The van der Waals surface area contributed by atoms with E-state index in [2.05, 4.69) is 26.1 Å². The summed E-state index contributed by atoms with van der Waals surface area (Å²) < 4.78 is 14.9. The number of fused-ring (bicyclic) bond motifs is 3. The molecule has 194 valence electrons. The molecule has 1 aromatic carbocycles. The Morgan fingerprint density at radius 3 is 2.50 bits per heavy atom. The van der Waals surface area contributed by atoms with Gasteiger partial charge in [0.25, 0.3) is 5.91 Å². The molecule has 0 heterocycles. The maximum absolute atomic E-state index is 14.9. The molecular weight excluding hydrogens is 471 g/mol. The third-order valence-electron chi connectivity index (χ3n) is 7.46. The number of nitrogens with two attached hydrogens (primary N) is 1. The number of phenols is 1. The molecule has 1 fully saturated rings. The highest BCUT2D eigenvalue weighted by molar-refractivity contribution is 6.22. The Hall–Kier alpha value is -3.24. The Kier molecular flexibility index (Phi) is 6.25. The summed E-state index contributed by atoms with van der Waals surface area (Å²) in [4.78, 5) is 37.6. The molecule has 7 N–H and O–H groups in total. The summed E-state index contributed by atoms with van der Waals surface area (Å²) in [6.45, 7) is 6.74. The average molecular weight is 503 g/mol. The van der Waals surface area contributed by atoms with E-state index in [1.165, 1.54) is 6.07 Å². The third kappa shape index (κ3) is 3.98. The largest absolute Gasteiger partial charge is 0.508 e. The number of aliphatic hydroxyl groups excluding tert-OH is 2. The fourth-order valence-corrected chi connectivity index (χ4v) is 5.53. The van der Waals surface area contributed by atoms with Gasteiger partial charge in [-0.3, -0.25) is 14.4 Å². The molecule has 0 aromatic heterocycles. The predicted molar refractivity (Wildman–Crippen MR) is 127 cm³/mol. The maximum Gasteiger partial charge on any atom is 0.255 e. The molecule has 4 rings (SSSR count). The molecule has 0 radical (unpaired) electrons. The number of amides is 1. The Morgan fingerprint density at radius 2 is 1.89 bits per heavy atom. The average Bonchev–Trinajstić information content (AvgIpc) is 2.74. The van der Waals surface area contributed by atoms with Crippen LogP contribution in [0.25, 0.3) is 5.76 Å². The van der Waals surface area contributed by atoms with Crippen LogP contribution in [-0.4, -0.2) is 50.0 Å². The number of benzene rings is 1. The highest BCUT2D eigenvalue weighted by Crippen LogP contribution is 2.52. The summed E-state index contributed by atoms with van der Waals surface area (Å²) >= 11 is 0. The molecule has 0 saturated heterocycles. The molecule has 0 bridgehead atoms. The molecular formula is C26H31FN2O7. The van der Waals surface area contributed by atoms with E-state index in [4.69, 9.17) is 5.73 Å². The van der Waals surface area contributed by atoms with Crippen molar-refractivity contribution in [3.63, 3.8) is 0 Å². The molecule has 1 aromatic rings. The quantitative estimate of drug-likeness (QED) is 0.263. The number of rotatable bonds is 5.